The predicted octanol–water partition coefficient (Wildman–Crippen LogP) is 3.72. The van der Waals surface area contributed by atoms with E-state index in [9.17, 15) is 13.2 Å². The minimum absolute atomic E-state index is 0.282. The van der Waals surface area contributed by atoms with Gasteiger partial charge in [-0.15, -0.1) is 0 Å². The summed E-state index contributed by atoms with van der Waals surface area (Å²) in [5.41, 5.74) is 3.82. The molecule has 8 heteroatoms. The summed E-state index contributed by atoms with van der Waals surface area (Å²) in [6.45, 7) is 5.49. The lowest BCUT2D eigenvalue weighted by atomic mass is 10.0. The number of methoxy groups -OCH3 is 2. The Balaban J connectivity index is 2.18. The van der Waals surface area contributed by atoms with Crippen LogP contribution in [0.15, 0.2) is 35.2 Å². The number of allylic oxidation sites excluding steroid dienone is 1. The molecular formula is C22H26N2O5S. The Labute approximate surface area is 177 Å². The standard InChI is InChI=1S/C22H26N2O5S/c1-7-15-10-8-9-13(2)20(15)23-22(25)21-14(3)16-11-18(28-5)19(29-6)12-17(16)24(4)30(21,26)27/h8-12H,7H2,1-6H3,(H,23,25). The number of nitrogens with one attached hydrogen (secondary N) is 1. The molecule has 1 N–H and O–H groups in total. The fourth-order valence-corrected chi connectivity index (χ4v) is 5.14. The van der Waals surface area contributed by atoms with Gasteiger partial charge in [0.15, 0.2) is 16.4 Å². The molecule has 3 rings (SSSR count). The van der Waals surface area contributed by atoms with E-state index in [0.717, 1.165) is 15.4 Å². The lowest BCUT2D eigenvalue weighted by molar-refractivity contribution is -0.112. The van der Waals surface area contributed by atoms with Crippen molar-refractivity contribution in [2.24, 2.45) is 0 Å². The first-order chi connectivity index (χ1) is 14.2. The van der Waals surface area contributed by atoms with Crippen LogP contribution in [0.5, 0.6) is 11.5 Å². The molecule has 0 aromatic heterocycles. The van der Waals surface area contributed by atoms with Crippen LogP contribution < -0.4 is 19.1 Å². The number of amides is 1. The van der Waals surface area contributed by atoms with Crippen LogP contribution in [-0.2, 0) is 21.2 Å². The molecule has 2 aromatic rings. The van der Waals surface area contributed by atoms with Crippen LogP contribution in [0.25, 0.3) is 5.57 Å². The Morgan fingerprint density at radius 2 is 1.73 bits per heavy atom. The van der Waals surface area contributed by atoms with Crippen molar-refractivity contribution in [2.45, 2.75) is 27.2 Å². The highest BCUT2D eigenvalue weighted by Crippen LogP contribution is 2.44. The second-order valence-corrected chi connectivity index (χ2v) is 8.97. The van der Waals surface area contributed by atoms with Crippen LogP contribution in [0.2, 0.25) is 0 Å². The molecule has 0 aliphatic carbocycles. The van der Waals surface area contributed by atoms with Gasteiger partial charge in [0.1, 0.15) is 0 Å². The van der Waals surface area contributed by atoms with Crippen molar-refractivity contribution in [1.82, 2.24) is 0 Å². The van der Waals surface area contributed by atoms with E-state index in [4.69, 9.17) is 9.47 Å². The number of carbonyl (C=O) groups excluding carboxylic acids is 1. The number of anilines is 2. The summed E-state index contributed by atoms with van der Waals surface area (Å²) in [6.07, 6.45) is 0.710. The number of benzene rings is 2. The van der Waals surface area contributed by atoms with Crippen molar-refractivity contribution < 1.29 is 22.7 Å². The number of aryl methyl sites for hydroxylation is 2. The minimum atomic E-state index is -4.06. The molecular weight excluding hydrogens is 404 g/mol. The molecule has 1 aliphatic heterocycles. The number of para-hydroxylation sites is 1. The van der Waals surface area contributed by atoms with Gasteiger partial charge in [0.25, 0.3) is 15.9 Å². The molecule has 1 aliphatic rings. The Kier molecular flexibility index (Phi) is 5.81. The number of hydrogen-bond acceptors (Lipinski definition) is 5. The van der Waals surface area contributed by atoms with E-state index in [2.05, 4.69) is 5.32 Å². The van der Waals surface area contributed by atoms with E-state index >= 15 is 0 Å². The first-order valence-electron chi connectivity index (χ1n) is 9.53. The third kappa shape index (κ3) is 3.41. The molecule has 0 spiro atoms. The van der Waals surface area contributed by atoms with E-state index in [0.29, 0.717) is 40.4 Å². The average Bonchev–Trinajstić information content (AvgIpc) is 2.72. The summed E-state index contributed by atoms with van der Waals surface area (Å²) >= 11 is 0. The van der Waals surface area contributed by atoms with E-state index in [1.807, 2.05) is 32.0 Å². The zero-order chi connectivity index (χ0) is 22.2. The fourth-order valence-electron chi connectivity index (χ4n) is 3.67. The van der Waals surface area contributed by atoms with Gasteiger partial charge in [-0.3, -0.25) is 9.10 Å². The van der Waals surface area contributed by atoms with Crippen molar-refractivity contribution in [3.8, 4) is 11.5 Å². The third-order valence-electron chi connectivity index (χ3n) is 5.39. The third-order valence-corrected chi connectivity index (χ3v) is 7.31. The lowest BCUT2D eigenvalue weighted by Crippen LogP contribution is -2.37. The van der Waals surface area contributed by atoms with Crippen LogP contribution in [0.4, 0.5) is 11.4 Å². The monoisotopic (exact) mass is 430 g/mol. The minimum Gasteiger partial charge on any atom is -0.493 e. The maximum absolute atomic E-state index is 13.2. The zero-order valence-corrected chi connectivity index (χ0v) is 18.8. The van der Waals surface area contributed by atoms with Crippen molar-refractivity contribution in [1.29, 1.82) is 0 Å². The second-order valence-electron chi connectivity index (χ2n) is 7.07. The Morgan fingerprint density at radius 1 is 1.10 bits per heavy atom. The molecule has 1 heterocycles. The highest BCUT2D eigenvalue weighted by molar-refractivity contribution is 7.97. The van der Waals surface area contributed by atoms with Gasteiger partial charge in [-0.2, -0.15) is 0 Å². The number of sulfonamides is 1. The van der Waals surface area contributed by atoms with Crippen LogP contribution in [0, 0.1) is 6.92 Å². The Morgan fingerprint density at radius 3 is 2.33 bits per heavy atom. The number of nitrogens with zero attached hydrogens (tertiary/aromatic N) is 1. The summed E-state index contributed by atoms with van der Waals surface area (Å²) < 4.78 is 38.3. The summed E-state index contributed by atoms with van der Waals surface area (Å²) in [6, 6.07) is 8.99. The molecule has 0 fully saturated rings. The number of hydrogen-bond donors (Lipinski definition) is 1. The molecule has 1 amide bonds. The Bertz CT molecular complexity index is 1150. The molecule has 30 heavy (non-hydrogen) atoms. The molecule has 0 atom stereocenters. The van der Waals surface area contributed by atoms with Crippen LogP contribution in [-0.4, -0.2) is 35.6 Å². The van der Waals surface area contributed by atoms with E-state index < -0.39 is 15.9 Å². The topological polar surface area (TPSA) is 84.9 Å². The second kappa shape index (κ2) is 8.02. The molecule has 0 unspecified atom stereocenters. The van der Waals surface area contributed by atoms with Crippen molar-refractivity contribution in [3.05, 3.63) is 51.9 Å². The van der Waals surface area contributed by atoms with Gasteiger partial charge < -0.3 is 14.8 Å². The van der Waals surface area contributed by atoms with E-state index in [1.54, 1.807) is 19.1 Å². The molecule has 0 saturated heterocycles. The van der Waals surface area contributed by atoms with Gasteiger partial charge >= 0.3 is 0 Å². The quantitative estimate of drug-likeness (QED) is 0.781. The molecule has 7 nitrogen and oxygen atoms in total. The first-order valence-corrected chi connectivity index (χ1v) is 11.0. The number of rotatable bonds is 5. The molecule has 0 radical (unpaired) electrons. The number of ether oxygens (including phenoxy) is 2. The summed E-state index contributed by atoms with van der Waals surface area (Å²) in [5.74, 6) is 0.200. The maximum atomic E-state index is 13.2. The van der Waals surface area contributed by atoms with E-state index in [1.165, 1.54) is 21.3 Å². The van der Waals surface area contributed by atoms with Gasteiger partial charge in [0, 0.05) is 24.4 Å². The number of fused-ring (bicyclic) bond motifs is 1. The van der Waals surface area contributed by atoms with Crippen LogP contribution >= 0.6 is 0 Å². The summed E-state index contributed by atoms with van der Waals surface area (Å²) in [5, 5.41) is 2.83. The van der Waals surface area contributed by atoms with Crippen molar-refractivity contribution in [3.63, 3.8) is 0 Å². The SMILES string of the molecule is CCc1cccc(C)c1NC(=O)C1=C(C)c2cc(OC)c(OC)cc2N(C)S1(=O)=O. The predicted molar refractivity (Wildman–Crippen MR) is 119 cm³/mol. The Hall–Kier alpha value is -3.00. The van der Waals surface area contributed by atoms with Gasteiger partial charge in [-0.1, -0.05) is 25.1 Å². The average molecular weight is 431 g/mol. The van der Waals surface area contributed by atoms with E-state index in [-0.39, 0.29) is 4.91 Å². The highest BCUT2D eigenvalue weighted by Gasteiger charge is 2.38. The number of carbonyl (C=O) groups is 1. The zero-order valence-electron chi connectivity index (χ0n) is 18.0. The lowest BCUT2D eigenvalue weighted by Gasteiger charge is -2.30. The van der Waals surface area contributed by atoms with Gasteiger partial charge in [-0.05, 0) is 43.0 Å². The molecule has 2 aromatic carbocycles. The summed E-state index contributed by atoms with van der Waals surface area (Å²) in [7, 11) is 0.352. The largest absolute Gasteiger partial charge is 0.493 e. The van der Waals surface area contributed by atoms with Crippen LogP contribution in [0.3, 0.4) is 0 Å². The fraction of sp³-hybridized carbons (Fsp3) is 0.318. The highest BCUT2D eigenvalue weighted by atomic mass is 32.2. The maximum Gasteiger partial charge on any atom is 0.269 e. The molecule has 0 bridgehead atoms. The van der Waals surface area contributed by atoms with Crippen LogP contribution in [0.1, 0.15) is 30.5 Å². The van der Waals surface area contributed by atoms with Gasteiger partial charge in [0.05, 0.1) is 19.9 Å². The van der Waals surface area contributed by atoms with Gasteiger partial charge in [-0.25, -0.2) is 8.42 Å². The normalized spacial score (nSPS) is 14.9. The van der Waals surface area contributed by atoms with Crippen molar-refractivity contribution >= 4 is 32.9 Å². The smallest absolute Gasteiger partial charge is 0.269 e. The first kappa shape index (κ1) is 21.7. The van der Waals surface area contributed by atoms with Crippen molar-refractivity contribution in [2.75, 3.05) is 30.9 Å². The molecule has 160 valence electrons. The molecule has 0 saturated carbocycles. The van der Waals surface area contributed by atoms with Gasteiger partial charge in [0.2, 0.25) is 0 Å². The summed E-state index contributed by atoms with van der Waals surface area (Å²) in [4.78, 5) is 12.9.